The molecule has 1 saturated heterocycles. The second-order valence-corrected chi connectivity index (χ2v) is 7.03. The molecule has 3 rings (SSSR count). The number of pyridine rings is 1. The van der Waals surface area contributed by atoms with E-state index >= 15 is 0 Å². The number of rotatable bonds is 4. The van der Waals surface area contributed by atoms with E-state index in [0.717, 1.165) is 32.0 Å². The van der Waals surface area contributed by atoms with Gasteiger partial charge >= 0.3 is 0 Å². The van der Waals surface area contributed by atoms with Crippen molar-refractivity contribution in [3.05, 3.63) is 62.8 Å². The largest absolute Gasteiger partial charge is 0.322 e. The molecule has 0 bridgehead atoms. The van der Waals surface area contributed by atoms with Crippen molar-refractivity contribution in [2.45, 2.75) is 26.3 Å². The fourth-order valence-electron chi connectivity index (χ4n) is 3.21. The number of carbonyl (C=O) groups excluding carboxylic acids is 1. The van der Waals surface area contributed by atoms with Gasteiger partial charge in [0.05, 0.1) is 5.02 Å². The molecule has 5 nitrogen and oxygen atoms in total. The average Bonchev–Trinajstić information content (AvgIpc) is 2.62. The van der Waals surface area contributed by atoms with Crippen LogP contribution in [0.4, 0.5) is 10.1 Å². The van der Waals surface area contributed by atoms with Gasteiger partial charge in [-0.05, 0) is 68.6 Å². The van der Waals surface area contributed by atoms with E-state index in [9.17, 15) is 14.0 Å². The van der Waals surface area contributed by atoms with Gasteiger partial charge in [-0.3, -0.25) is 9.59 Å². The predicted molar refractivity (Wildman–Crippen MR) is 100 cm³/mol. The van der Waals surface area contributed by atoms with Crippen LogP contribution in [0.25, 0.3) is 0 Å². The Hall–Kier alpha value is -2.18. The van der Waals surface area contributed by atoms with E-state index in [-0.39, 0.29) is 21.8 Å². The van der Waals surface area contributed by atoms with Crippen LogP contribution in [0.1, 0.15) is 28.8 Å². The van der Waals surface area contributed by atoms with Gasteiger partial charge in [0.15, 0.2) is 0 Å². The molecule has 0 spiro atoms. The highest BCUT2D eigenvalue weighted by Crippen LogP contribution is 2.19. The van der Waals surface area contributed by atoms with Crippen LogP contribution in [0, 0.1) is 18.7 Å². The summed E-state index contributed by atoms with van der Waals surface area (Å²) in [6.07, 6.45) is 3.87. The van der Waals surface area contributed by atoms with Crippen LogP contribution in [0.2, 0.25) is 5.02 Å². The van der Waals surface area contributed by atoms with Gasteiger partial charge < -0.3 is 15.2 Å². The van der Waals surface area contributed by atoms with E-state index in [1.54, 1.807) is 23.8 Å². The van der Waals surface area contributed by atoms with Crippen LogP contribution in [-0.4, -0.2) is 23.6 Å². The maximum absolute atomic E-state index is 13.6. The summed E-state index contributed by atoms with van der Waals surface area (Å²) in [6, 6.07) is 5.74. The van der Waals surface area contributed by atoms with Crippen molar-refractivity contribution in [3.8, 4) is 0 Å². The lowest BCUT2D eigenvalue weighted by Crippen LogP contribution is -2.36. The van der Waals surface area contributed by atoms with Crippen molar-refractivity contribution in [2.24, 2.45) is 5.92 Å². The highest BCUT2D eigenvalue weighted by molar-refractivity contribution is 6.30. The predicted octanol–water partition coefficient (Wildman–Crippen LogP) is 3.20. The number of nitrogens with one attached hydrogen (secondary N) is 2. The van der Waals surface area contributed by atoms with Crippen LogP contribution in [0.5, 0.6) is 0 Å². The maximum Gasteiger partial charge on any atom is 0.263 e. The van der Waals surface area contributed by atoms with Gasteiger partial charge in [-0.1, -0.05) is 11.6 Å². The van der Waals surface area contributed by atoms with Gasteiger partial charge in [0.1, 0.15) is 11.4 Å². The Morgan fingerprint density at radius 2 is 2.23 bits per heavy atom. The number of hydrogen-bond acceptors (Lipinski definition) is 3. The molecule has 1 aliphatic rings. The van der Waals surface area contributed by atoms with E-state index < -0.39 is 11.7 Å². The monoisotopic (exact) mass is 377 g/mol. The van der Waals surface area contributed by atoms with Gasteiger partial charge in [-0.25, -0.2) is 4.39 Å². The maximum atomic E-state index is 13.6. The zero-order chi connectivity index (χ0) is 18.7. The molecule has 138 valence electrons. The molecule has 0 aliphatic carbocycles. The van der Waals surface area contributed by atoms with Crippen molar-refractivity contribution < 1.29 is 9.18 Å². The van der Waals surface area contributed by atoms with E-state index in [4.69, 9.17) is 11.6 Å². The van der Waals surface area contributed by atoms with Crippen LogP contribution in [0.15, 0.2) is 35.3 Å². The first kappa shape index (κ1) is 18.6. The van der Waals surface area contributed by atoms with Crippen molar-refractivity contribution >= 4 is 23.2 Å². The minimum atomic E-state index is -0.628. The van der Waals surface area contributed by atoms with Crippen LogP contribution >= 0.6 is 11.6 Å². The molecule has 1 fully saturated rings. The third-order valence-electron chi connectivity index (χ3n) is 4.63. The van der Waals surface area contributed by atoms with Crippen molar-refractivity contribution in [1.29, 1.82) is 0 Å². The van der Waals surface area contributed by atoms with E-state index in [1.165, 1.54) is 12.1 Å². The fourth-order valence-corrected chi connectivity index (χ4v) is 3.33. The van der Waals surface area contributed by atoms with Crippen LogP contribution in [0.3, 0.4) is 0 Å². The molecule has 2 aromatic rings. The summed E-state index contributed by atoms with van der Waals surface area (Å²) in [4.78, 5) is 25.4. The number of hydrogen-bond donors (Lipinski definition) is 2. The minimum absolute atomic E-state index is 0.0256. The number of aromatic nitrogens is 1. The Bertz CT molecular complexity index is 876. The molecular weight excluding hydrogens is 357 g/mol. The Labute approximate surface area is 156 Å². The Morgan fingerprint density at radius 1 is 1.42 bits per heavy atom. The van der Waals surface area contributed by atoms with Crippen LogP contribution in [-0.2, 0) is 6.54 Å². The van der Waals surface area contributed by atoms with Gasteiger partial charge in [-0.15, -0.1) is 0 Å². The lowest BCUT2D eigenvalue weighted by molar-refractivity contribution is 0.102. The fraction of sp³-hybridized carbons (Fsp3) is 0.368. The number of amides is 1. The summed E-state index contributed by atoms with van der Waals surface area (Å²) in [5, 5.41) is 5.87. The third-order valence-corrected chi connectivity index (χ3v) is 4.94. The molecule has 1 aromatic heterocycles. The molecule has 26 heavy (non-hydrogen) atoms. The number of halogens is 2. The normalized spacial score (nSPS) is 17.1. The standard InChI is InChI=1S/C19H21ClFN3O2/c1-12-6-8-24(11-13-3-2-7-22-10-13)19(26)17(12)18(25)23-14-4-5-15(20)16(21)9-14/h4-6,8-9,13,22H,2-3,7,10-11H2,1H3,(H,23,25). The first-order chi connectivity index (χ1) is 12.5. The Morgan fingerprint density at radius 3 is 2.92 bits per heavy atom. The smallest absolute Gasteiger partial charge is 0.263 e. The summed E-state index contributed by atoms with van der Waals surface area (Å²) >= 11 is 5.65. The number of anilines is 1. The van der Waals surface area contributed by atoms with E-state index in [0.29, 0.717) is 18.0 Å². The number of piperidine rings is 1. The quantitative estimate of drug-likeness (QED) is 0.860. The molecule has 1 unspecified atom stereocenters. The van der Waals surface area contributed by atoms with Crippen molar-refractivity contribution in [1.82, 2.24) is 9.88 Å². The molecule has 2 N–H and O–H groups in total. The molecule has 0 radical (unpaired) electrons. The Kier molecular flexibility index (Phi) is 5.74. The van der Waals surface area contributed by atoms with E-state index in [2.05, 4.69) is 10.6 Å². The molecule has 0 saturated carbocycles. The van der Waals surface area contributed by atoms with Crippen molar-refractivity contribution in [2.75, 3.05) is 18.4 Å². The molecular formula is C19H21ClFN3O2. The first-order valence-corrected chi connectivity index (χ1v) is 9.00. The lowest BCUT2D eigenvalue weighted by atomic mass is 9.99. The number of benzene rings is 1. The number of aryl methyl sites for hydroxylation is 1. The average molecular weight is 378 g/mol. The van der Waals surface area contributed by atoms with Crippen molar-refractivity contribution in [3.63, 3.8) is 0 Å². The minimum Gasteiger partial charge on any atom is -0.322 e. The first-order valence-electron chi connectivity index (χ1n) is 8.63. The van der Waals surface area contributed by atoms with Gasteiger partial charge in [0.25, 0.3) is 11.5 Å². The second-order valence-electron chi connectivity index (χ2n) is 6.63. The van der Waals surface area contributed by atoms with E-state index in [1.807, 2.05) is 0 Å². The molecule has 1 atom stereocenters. The summed E-state index contributed by atoms with van der Waals surface area (Å²) < 4.78 is 15.1. The molecule has 2 heterocycles. The molecule has 1 aromatic carbocycles. The zero-order valence-electron chi connectivity index (χ0n) is 14.5. The Balaban J connectivity index is 1.83. The van der Waals surface area contributed by atoms with Gasteiger partial charge in [0, 0.05) is 18.4 Å². The number of nitrogens with zero attached hydrogens (tertiary/aromatic N) is 1. The summed E-state index contributed by atoms with van der Waals surface area (Å²) in [5.74, 6) is -0.813. The summed E-state index contributed by atoms with van der Waals surface area (Å²) in [5.41, 5.74) is 0.580. The highest BCUT2D eigenvalue weighted by Gasteiger charge is 2.19. The highest BCUT2D eigenvalue weighted by atomic mass is 35.5. The van der Waals surface area contributed by atoms with Gasteiger partial charge in [0.2, 0.25) is 0 Å². The van der Waals surface area contributed by atoms with Crippen LogP contribution < -0.4 is 16.2 Å². The second kappa shape index (κ2) is 8.01. The van der Waals surface area contributed by atoms with Gasteiger partial charge in [-0.2, -0.15) is 0 Å². The molecule has 7 heteroatoms. The lowest BCUT2D eigenvalue weighted by Gasteiger charge is -2.23. The molecule has 1 aliphatic heterocycles. The third kappa shape index (κ3) is 4.14. The number of carbonyl (C=O) groups is 1. The molecule has 1 amide bonds. The summed E-state index contributed by atoms with van der Waals surface area (Å²) in [7, 11) is 0. The summed E-state index contributed by atoms with van der Waals surface area (Å²) in [6.45, 7) is 4.16. The topological polar surface area (TPSA) is 63.1 Å². The SMILES string of the molecule is Cc1ccn(CC2CCCNC2)c(=O)c1C(=O)Nc1ccc(Cl)c(F)c1. The zero-order valence-corrected chi connectivity index (χ0v) is 15.3.